The molecule has 0 aliphatic carbocycles. The number of rotatable bonds is 4. The van der Waals surface area contributed by atoms with Crippen molar-refractivity contribution in [2.75, 3.05) is 26.7 Å². The number of hydrogen-bond acceptors (Lipinski definition) is 3. The van der Waals surface area contributed by atoms with E-state index in [0.29, 0.717) is 19.0 Å². The molecule has 20 heavy (non-hydrogen) atoms. The molecular weight excluding hydrogens is 387 g/mol. The normalized spacial score (nSPS) is 19.9. The Balaban J connectivity index is 0.00000200. The van der Waals surface area contributed by atoms with Crippen LogP contribution in [0.4, 0.5) is 0 Å². The molecule has 1 saturated heterocycles. The maximum Gasteiger partial charge on any atom is 0.244 e. The maximum atomic E-state index is 12.5. The third kappa shape index (κ3) is 3.87. The van der Waals surface area contributed by atoms with Gasteiger partial charge < -0.3 is 5.32 Å². The van der Waals surface area contributed by atoms with Crippen LogP contribution in [0.3, 0.4) is 0 Å². The van der Waals surface area contributed by atoms with Gasteiger partial charge in [-0.1, -0.05) is 27.5 Å². The van der Waals surface area contributed by atoms with Crippen molar-refractivity contribution >= 4 is 50.0 Å². The van der Waals surface area contributed by atoms with Gasteiger partial charge in [0.2, 0.25) is 10.0 Å². The van der Waals surface area contributed by atoms with Gasteiger partial charge in [0.05, 0.1) is 5.02 Å². The molecule has 1 atom stereocenters. The van der Waals surface area contributed by atoms with E-state index in [1.165, 1.54) is 4.31 Å². The zero-order valence-corrected chi connectivity index (χ0v) is 14.9. The van der Waals surface area contributed by atoms with E-state index < -0.39 is 10.0 Å². The van der Waals surface area contributed by atoms with Crippen LogP contribution in [0.1, 0.15) is 6.42 Å². The molecule has 2 rings (SSSR count). The first kappa shape index (κ1) is 18.2. The summed E-state index contributed by atoms with van der Waals surface area (Å²) in [6.45, 7) is 1.94. The Morgan fingerprint density at radius 2 is 2.20 bits per heavy atom. The Kier molecular flexibility index (Phi) is 6.76. The fourth-order valence-corrected chi connectivity index (χ4v) is 4.84. The number of sulfonamides is 1. The van der Waals surface area contributed by atoms with E-state index in [1.807, 2.05) is 7.05 Å². The van der Waals surface area contributed by atoms with Crippen LogP contribution in [0.25, 0.3) is 0 Å². The van der Waals surface area contributed by atoms with E-state index in [-0.39, 0.29) is 22.3 Å². The summed E-state index contributed by atoms with van der Waals surface area (Å²) in [5.41, 5.74) is 0. The summed E-state index contributed by atoms with van der Waals surface area (Å²) in [5, 5.41) is 3.34. The third-order valence-electron chi connectivity index (χ3n) is 3.25. The first-order valence-corrected chi connectivity index (χ1v) is 8.66. The quantitative estimate of drug-likeness (QED) is 0.840. The van der Waals surface area contributed by atoms with E-state index in [0.717, 1.165) is 17.4 Å². The summed E-state index contributed by atoms with van der Waals surface area (Å²) in [4.78, 5) is 0.183. The highest BCUT2D eigenvalue weighted by Gasteiger charge is 2.33. The molecule has 1 aliphatic rings. The molecular formula is C12H17BrCl2N2O2S. The van der Waals surface area contributed by atoms with E-state index in [1.54, 1.807) is 18.2 Å². The standard InChI is InChI=1S/C12H16BrClN2O2S.ClH/c1-15-7-9-4-5-16(8-9)19(17,18)12-3-2-10(13)6-11(12)14;/h2-3,6,9,15H,4-5,7-8H2,1H3;1H. The monoisotopic (exact) mass is 402 g/mol. The van der Waals surface area contributed by atoms with E-state index in [2.05, 4.69) is 21.2 Å². The van der Waals surface area contributed by atoms with Crippen LogP contribution in [0, 0.1) is 5.92 Å². The molecule has 0 bridgehead atoms. The minimum Gasteiger partial charge on any atom is -0.319 e. The van der Waals surface area contributed by atoms with Gasteiger partial charge in [0.15, 0.2) is 0 Å². The van der Waals surface area contributed by atoms with Gasteiger partial charge in [-0.05, 0) is 44.1 Å². The van der Waals surface area contributed by atoms with Gasteiger partial charge in [0.1, 0.15) is 4.90 Å². The molecule has 0 radical (unpaired) electrons. The number of halogens is 3. The van der Waals surface area contributed by atoms with Crippen LogP contribution in [-0.4, -0.2) is 39.4 Å². The Morgan fingerprint density at radius 3 is 2.80 bits per heavy atom. The summed E-state index contributed by atoms with van der Waals surface area (Å²) in [7, 11) is -1.61. The lowest BCUT2D eigenvalue weighted by atomic mass is 10.1. The number of hydrogen-bond donors (Lipinski definition) is 1. The Hall–Kier alpha value is 0.150. The van der Waals surface area contributed by atoms with Gasteiger partial charge in [-0.15, -0.1) is 12.4 Å². The van der Waals surface area contributed by atoms with Crippen molar-refractivity contribution in [1.82, 2.24) is 9.62 Å². The highest BCUT2D eigenvalue weighted by molar-refractivity contribution is 9.10. The Labute approximate surface area is 139 Å². The fourth-order valence-electron chi connectivity index (χ4n) is 2.29. The second-order valence-corrected chi connectivity index (χ2v) is 7.88. The second kappa shape index (κ2) is 7.42. The Morgan fingerprint density at radius 1 is 1.50 bits per heavy atom. The van der Waals surface area contributed by atoms with Crippen LogP contribution < -0.4 is 5.32 Å². The van der Waals surface area contributed by atoms with Crippen molar-refractivity contribution in [3.8, 4) is 0 Å². The highest BCUT2D eigenvalue weighted by Crippen LogP contribution is 2.30. The van der Waals surface area contributed by atoms with Crippen molar-refractivity contribution in [3.05, 3.63) is 27.7 Å². The highest BCUT2D eigenvalue weighted by atomic mass is 79.9. The first-order chi connectivity index (χ1) is 8.95. The number of benzene rings is 1. The molecule has 4 nitrogen and oxygen atoms in total. The summed E-state index contributed by atoms with van der Waals surface area (Å²) in [6.07, 6.45) is 0.883. The second-order valence-electron chi connectivity index (χ2n) is 4.65. The molecule has 0 spiro atoms. The average molecular weight is 404 g/mol. The first-order valence-electron chi connectivity index (χ1n) is 6.05. The van der Waals surface area contributed by atoms with Crippen molar-refractivity contribution in [2.45, 2.75) is 11.3 Å². The molecule has 1 N–H and O–H groups in total. The molecule has 0 amide bonds. The van der Waals surface area contributed by atoms with Gasteiger partial charge in [0.25, 0.3) is 0 Å². The van der Waals surface area contributed by atoms with Crippen molar-refractivity contribution in [3.63, 3.8) is 0 Å². The minimum absolute atomic E-state index is 0. The zero-order chi connectivity index (χ0) is 14.0. The van der Waals surface area contributed by atoms with Crippen molar-refractivity contribution in [2.24, 2.45) is 5.92 Å². The molecule has 1 fully saturated rings. The van der Waals surface area contributed by atoms with Gasteiger partial charge in [-0.25, -0.2) is 8.42 Å². The van der Waals surface area contributed by atoms with Crippen LogP contribution >= 0.6 is 39.9 Å². The summed E-state index contributed by atoms with van der Waals surface area (Å²) >= 11 is 9.32. The fraction of sp³-hybridized carbons (Fsp3) is 0.500. The van der Waals surface area contributed by atoms with Gasteiger partial charge in [0, 0.05) is 17.6 Å². The molecule has 114 valence electrons. The van der Waals surface area contributed by atoms with E-state index >= 15 is 0 Å². The van der Waals surface area contributed by atoms with Crippen molar-refractivity contribution in [1.29, 1.82) is 0 Å². The van der Waals surface area contributed by atoms with Gasteiger partial charge in [-0.3, -0.25) is 0 Å². The zero-order valence-electron chi connectivity index (χ0n) is 11.0. The average Bonchev–Trinajstić information content (AvgIpc) is 2.78. The summed E-state index contributed by atoms with van der Waals surface area (Å²) in [6, 6.07) is 4.85. The molecule has 8 heteroatoms. The molecule has 1 aromatic rings. The molecule has 0 saturated carbocycles. The topological polar surface area (TPSA) is 49.4 Å². The van der Waals surface area contributed by atoms with E-state index in [9.17, 15) is 8.42 Å². The van der Waals surface area contributed by atoms with Gasteiger partial charge in [-0.2, -0.15) is 4.31 Å². The predicted molar refractivity (Wildman–Crippen MR) is 87.2 cm³/mol. The van der Waals surface area contributed by atoms with Gasteiger partial charge >= 0.3 is 0 Å². The van der Waals surface area contributed by atoms with Crippen LogP contribution in [0.2, 0.25) is 5.02 Å². The predicted octanol–water partition coefficient (Wildman–Crippen LogP) is 2.75. The lowest BCUT2D eigenvalue weighted by Crippen LogP contribution is -2.30. The van der Waals surface area contributed by atoms with E-state index in [4.69, 9.17) is 11.6 Å². The third-order valence-corrected chi connectivity index (χ3v) is 6.09. The van der Waals surface area contributed by atoms with Crippen molar-refractivity contribution < 1.29 is 8.42 Å². The summed E-state index contributed by atoms with van der Waals surface area (Å²) in [5.74, 6) is 0.369. The number of nitrogens with zero attached hydrogens (tertiary/aromatic N) is 1. The van der Waals surface area contributed by atoms with Crippen LogP contribution in [-0.2, 0) is 10.0 Å². The minimum atomic E-state index is -3.48. The maximum absolute atomic E-state index is 12.5. The molecule has 1 unspecified atom stereocenters. The molecule has 1 aliphatic heterocycles. The van der Waals surface area contributed by atoms with Crippen LogP contribution in [0.5, 0.6) is 0 Å². The molecule has 1 aromatic carbocycles. The lowest BCUT2D eigenvalue weighted by molar-refractivity contribution is 0.451. The summed E-state index contributed by atoms with van der Waals surface area (Å²) < 4.78 is 27.3. The largest absolute Gasteiger partial charge is 0.319 e. The Bertz CT molecular complexity index is 569. The smallest absolute Gasteiger partial charge is 0.244 e. The molecule has 1 heterocycles. The SMILES string of the molecule is CNCC1CCN(S(=O)(=O)c2ccc(Br)cc2Cl)C1.Cl. The number of nitrogens with one attached hydrogen (secondary N) is 1. The van der Waals surface area contributed by atoms with Crippen LogP contribution in [0.15, 0.2) is 27.6 Å². The molecule has 0 aromatic heterocycles. The lowest BCUT2D eigenvalue weighted by Gasteiger charge is -2.17.